The number of fused-ring (bicyclic) bond motifs is 1. The van der Waals surface area contributed by atoms with E-state index in [-0.39, 0.29) is 10.9 Å². The van der Waals surface area contributed by atoms with Gasteiger partial charge in [-0.15, -0.1) is 0 Å². The Labute approximate surface area is 222 Å². The fourth-order valence-electron chi connectivity index (χ4n) is 4.85. The largest absolute Gasteiger partial charge is 0.444 e. The zero-order chi connectivity index (χ0) is 27.3. The second-order valence-corrected chi connectivity index (χ2v) is 12.8. The van der Waals surface area contributed by atoms with Crippen LogP contribution in [0, 0.1) is 6.92 Å². The lowest BCUT2D eigenvalue weighted by atomic mass is 9.71. The van der Waals surface area contributed by atoms with Crippen LogP contribution in [0.1, 0.15) is 51.3 Å². The molecule has 1 saturated carbocycles. The average Bonchev–Trinajstić information content (AvgIpc) is 3.21. The SMILES string of the molecule is Cc1nc(S(C)(=O)=O)nc2oc(-c3ccc(C4(NC(=O)OC(C)(C)C)CCC4)cc3)c(-c3ccccc3)c12. The van der Waals surface area contributed by atoms with Crippen molar-refractivity contribution in [2.45, 2.75) is 63.3 Å². The highest BCUT2D eigenvalue weighted by molar-refractivity contribution is 7.90. The number of aromatic nitrogens is 2. The van der Waals surface area contributed by atoms with Crippen LogP contribution in [-0.4, -0.2) is 36.3 Å². The molecule has 38 heavy (non-hydrogen) atoms. The molecule has 0 radical (unpaired) electrons. The fraction of sp³-hybridized carbons (Fsp3) is 0.345. The van der Waals surface area contributed by atoms with Gasteiger partial charge in [-0.3, -0.25) is 0 Å². The minimum absolute atomic E-state index is 0.220. The number of aryl methyl sites for hydroxylation is 1. The number of ether oxygens (including phenoxy) is 1. The van der Waals surface area contributed by atoms with Crippen molar-refractivity contribution in [2.24, 2.45) is 0 Å². The summed E-state index contributed by atoms with van der Waals surface area (Å²) in [7, 11) is -3.62. The first kappa shape index (κ1) is 25.9. The Morgan fingerprint density at radius 1 is 1.00 bits per heavy atom. The molecule has 198 valence electrons. The predicted molar refractivity (Wildman–Crippen MR) is 145 cm³/mol. The number of sulfone groups is 1. The molecule has 2 aromatic carbocycles. The van der Waals surface area contributed by atoms with Crippen molar-refractivity contribution in [3.63, 3.8) is 0 Å². The molecule has 8 nitrogen and oxygen atoms in total. The van der Waals surface area contributed by atoms with Crippen LogP contribution >= 0.6 is 0 Å². The number of hydrogen-bond donors (Lipinski definition) is 1. The molecule has 9 heteroatoms. The number of alkyl carbamates (subject to hydrolysis) is 1. The highest BCUT2D eigenvalue weighted by Gasteiger charge is 2.41. The van der Waals surface area contributed by atoms with E-state index in [1.807, 2.05) is 75.4 Å². The summed E-state index contributed by atoms with van der Waals surface area (Å²) in [5, 5.41) is 3.49. The van der Waals surface area contributed by atoms with Gasteiger partial charge in [0.2, 0.25) is 20.7 Å². The summed E-state index contributed by atoms with van der Waals surface area (Å²) in [6, 6.07) is 17.6. The van der Waals surface area contributed by atoms with Crippen LogP contribution in [0.2, 0.25) is 0 Å². The molecule has 0 aliphatic heterocycles. The van der Waals surface area contributed by atoms with Crippen molar-refractivity contribution in [3.05, 3.63) is 65.9 Å². The number of nitrogens with one attached hydrogen (secondary N) is 1. The van der Waals surface area contributed by atoms with Gasteiger partial charge in [0.25, 0.3) is 0 Å². The number of benzene rings is 2. The van der Waals surface area contributed by atoms with Crippen LogP contribution in [0.3, 0.4) is 0 Å². The van der Waals surface area contributed by atoms with Crippen LogP contribution in [0.5, 0.6) is 0 Å². The predicted octanol–water partition coefficient (Wildman–Crippen LogP) is 6.17. The van der Waals surface area contributed by atoms with Crippen molar-refractivity contribution >= 4 is 27.0 Å². The smallest absolute Gasteiger partial charge is 0.408 e. The van der Waals surface area contributed by atoms with Gasteiger partial charge in [0.05, 0.1) is 16.6 Å². The fourth-order valence-corrected chi connectivity index (χ4v) is 5.40. The molecule has 0 spiro atoms. The van der Waals surface area contributed by atoms with E-state index in [2.05, 4.69) is 15.3 Å². The standard InChI is InChI=1S/C29H31N3O5S/c1-18-22-23(19-10-7-6-8-11-19)24(36-25(22)31-26(30-18)38(5,34)35)20-12-14-21(15-13-20)29(16-9-17-29)32-27(33)37-28(2,3)4/h6-8,10-15H,9,16-17H2,1-5H3,(H,32,33). The van der Waals surface area contributed by atoms with Crippen LogP contribution < -0.4 is 5.32 Å². The summed E-state index contributed by atoms with van der Waals surface area (Å²) < 4.78 is 36.1. The number of nitrogens with zero attached hydrogens (tertiary/aromatic N) is 2. The van der Waals surface area contributed by atoms with Crippen molar-refractivity contribution in [3.8, 4) is 22.5 Å². The molecule has 1 amide bonds. The second-order valence-electron chi connectivity index (χ2n) is 10.9. The Morgan fingerprint density at radius 2 is 1.66 bits per heavy atom. The molecule has 0 saturated heterocycles. The highest BCUT2D eigenvalue weighted by atomic mass is 32.2. The van der Waals surface area contributed by atoms with E-state index in [4.69, 9.17) is 9.15 Å². The van der Waals surface area contributed by atoms with E-state index in [1.165, 1.54) is 0 Å². The molecule has 2 aromatic heterocycles. The van der Waals surface area contributed by atoms with E-state index in [9.17, 15) is 13.2 Å². The Bertz CT molecular complexity index is 1610. The first-order valence-electron chi connectivity index (χ1n) is 12.5. The van der Waals surface area contributed by atoms with Crippen molar-refractivity contribution in [1.82, 2.24) is 15.3 Å². The van der Waals surface area contributed by atoms with Gasteiger partial charge in [-0.25, -0.2) is 18.2 Å². The summed E-state index contributed by atoms with van der Waals surface area (Å²) in [5.41, 5.74) is 3.20. The molecule has 5 rings (SSSR count). The molecular formula is C29H31N3O5S. The summed E-state index contributed by atoms with van der Waals surface area (Å²) in [6.07, 6.45) is 3.32. The highest BCUT2D eigenvalue weighted by Crippen LogP contribution is 2.44. The van der Waals surface area contributed by atoms with Crippen LogP contribution in [0.25, 0.3) is 33.6 Å². The van der Waals surface area contributed by atoms with Crippen molar-refractivity contribution in [2.75, 3.05) is 6.26 Å². The van der Waals surface area contributed by atoms with E-state index in [0.717, 1.165) is 47.8 Å². The molecule has 0 bridgehead atoms. The van der Waals surface area contributed by atoms with Gasteiger partial charge in [0, 0.05) is 17.4 Å². The van der Waals surface area contributed by atoms with Crippen LogP contribution in [0.4, 0.5) is 4.79 Å². The number of rotatable bonds is 5. The Kier molecular flexibility index (Phi) is 6.30. The maximum atomic E-state index is 12.6. The molecule has 0 atom stereocenters. The van der Waals surface area contributed by atoms with Gasteiger partial charge < -0.3 is 14.5 Å². The average molecular weight is 534 g/mol. The topological polar surface area (TPSA) is 111 Å². The molecule has 0 unspecified atom stereocenters. The molecule has 4 aromatic rings. The third kappa shape index (κ3) is 4.90. The maximum absolute atomic E-state index is 12.6. The van der Waals surface area contributed by atoms with E-state index >= 15 is 0 Å². The van der Waals surface area contributed by atoms with Crippen molar-refractivity contribution < 1.29 is 22.4 Å². The number of furan rings is 1. The summed E-state index contributed by atoms with van der Waals surface area (Å²) in [6.45, 7) is 7.29. The quantitative estimate of drug-likeness (QED) is 0.305. The van der Waals surface area contributed by atoms with E-state index < -0.39 is 27.1 Å². The minimum atomic E-state index is -3.62. The zero-order valence-electron chi connectivity index (χ0n) is 22.2. The van der Waals surface area contributed by atoms with E-state index in [1.54, 1.807) is 6.92 Å². The Balaban J connectivity index is 1.59. The minimum Gasteiger partial charge on any atom is -0.444 e. The maximum Gasteiger partial charge on any atom is 0.408 e. The number of amides is 1. The third-order valence-electron chi connectivity index (χ3n) is 6.75. The second kappa shape index (κ2) is 9.23. The first-order valence-corrected chi connectivity index (χ1v) is 14.4. The number of carbonyl (C=O) groups excluding carboxylic acids is 1. The Hall–Kier alpha value is -3.72. The lowest BCUT2D eigenvalue weighted by Crippen LogP contribution is -2.52. The van der Waals surface area contributed by atoms with Gasteiger partial charge in [0.15, 0.2) is 0 Å². The lowest BCUT2D eigenvalue weighted by Gasteiger charge is -2.43. The van der Waals surface area contributed by atoms with Crippen LogP contribution in [-0.2, 0) is 20.1 Å². The molecule has 2 heterocycles. The normalized spacial score (nSPS) is 15.2. The molecule has 1 N–H and O–H groups in total. The molecule has 1 fully saturated rings. The summed E-state index contributed by atoms with van der Waals surface area (Å²) >= 11 is 0. The van der Waals surface area contributed by atoms with E-state index in [0.29, 0.717) is 16.8 Å². The third-order valence-corrected chi connectivity index (χ3v) is 7.60. The number of hydrogen-bond acceptors (Lipinski definition) is 7. The molecule has 1 aliphatic carbocycles. The monoisotopic (exact) mass is 533 g/mol. The van der Waals surface area contributed by atoms with Gasteiger partial charge in [-0.2, -0.15) is 4.98 Å². The first-order chi connectivity index (χ1) is 17.9. The molecular weight excluding hydrogens is 502 g/mol. The lowest BCUT2D eigenvalue weighted by molar-refractivity contribution is 0.0377. The summed E-state index contributed by atoms with van der Waals surface area (Å²) in [5.74, 6) is 0.573. The van der Waals surface area contributed by atoms with Gasteiger partial charge in [0.1, 0.15) is 11.4 Å². The van der Waals surface area contributed by atoms with Gasteiger partial charge >= 0.3 is 6.09 Å². The molecule has 1 aliphatic rings. The summed E-state index contributed by atoms with van der Waals surface area (Å²) in [4.78, 5) is 21.1. The van der Waals surface area contributed by atoms with Gasteiger partial charge in [-0.05, 0) is 58.1 Å². The Morgan fingerprint density at radius 3 is 2.21 bits per heavy atom. The van der Waals surface area contributed by atoms with Gasteiger partial charge in [-0.1, -0.05) is 54.6 Å². The zero-order valence-corrected chi connectivity index (χ0v) is 23.0. The van der Waals surface area contributed by atoms with Crippen molar-refractivity contribution in [1.29, 1.82) is 0 Å². The van der Waals surface area contributed by atoms with Crippen LogP contribution in [0.15, 0.2) is 64.2 Å². The number of carbonyl (C=O) groups is 1.